The number of sulfone groups is 1. The summed E-state index contributed by atoms with van der Waals surface area (Å²) in [6.07, 6.45) is 3.90. The van der Waals surface area contributed by atoms with Gasteiger partial charge in [0.15, 0.2) is 21.5 Å². The number of hydrogen-bond donors (Lipinski definition) is 1. The number of H-pyrrole nitrogens is 1. The molecule has 0 aliphatic carbocycles. The lowest BCUT2D eigenvalue weighted by Gasteiger charge is -2.19. The highest BCUT2D eigenvalue weighted by atomic mass is 32.2. The normalized spacial score (nSPS) is 25.0. The van der Waals surface area contributed by atoms with Crippen LogP contribution in [0.3, 0.4) is 0 Å². The van der Waals surface area contributed by atoms with Gasteiger partial charge < -0.3 is 4.74 Å². The largest absolute Gasteiger partial charge is 0.381 e. The molecule has 0 unspecified atom stereocenters. The first kappa shape index (κ1) is 14.8. The van der Waals surface area contributed by atoms with Crippen molar-refractivity contribution in [2.75, 3.05) is 24.7 Å². The van der Waals surface area contributed by atoms with E-state index in [2.05, 4.69) is 25.5 Å². The van der Waals surface area contributed by atoms with E-state index in [-0.39, 0.29) is 23.5 Å². The number of aromatic amines is 1. The molecular formula is C13H18N6O3S. The van der Waals surface area contributed by atoms with Crippen molar-refractivity contribution < 1.29 is 13.2 Å². The molecule has 2 aliphatic heterocycles. The maximum atomic E-state index is 11.8. The smallest absolute Gasteiger partial charge is 0.180 e. The highest BCUT2D eigenvalue weighted by Crippen LogP contribution is 2.31. The zero-order valence-electron chi connectivity index (χ0n) is 12.6. The molecule has 9 nitrogen and oxygen atoms in total. The SMILES string of the molecule is O=S1(=O)CC[C@@H](n2nc(C3CCOCC3)nc2-c2cn[nH]n2)C1. The Labute approximate surface area is 133 Å². The second kappa shape index (κ2) is 5.68. The molecule has 2 fully saturated rings. The molecule has 4 rings (SSSR count). The van der Waals surface area contributed by atoms with Crippen LogP contribution in [-0.2, 0) is 14.6 Å². The molecule has 23 heavy (non-hydrogen) atoms. The second-order valence-electron chi connectivity index (χ2n) is 6.04. The minimum absolute atomic E-state index is 0.106. The summed E-state index contributed by atoms with van der Waals surface area (Å²) in [4.78, 5) is 4.65. The molecule has 1 atom stereocenters. The molecule has 0 amide bonds. The lowest BCUT2D eigenvalue weighted by Crippen LogP contribution is -2.17. The van der Waals surface area contributed by atoms with E-state index < -0.39 is 9.84 Å². The molecule has 0 spiro atoms. The van der Waals surface area contributed by atoms with Crippen LogP contribution in [0.5, 0.6) is 0 Å². The van der Waals surface area contributed by atoms with Crippen LogP contribution in [0.2, 0.25) is 0 Å². The van der Waals surface area contributed by atoms with Crippen molar-refractivity contribution in [2.45, 2.75) is 31.2 Å². The molecule has 0 bridgehead atoms. The third kappa shape index (κ3) is 2.88. The summed E-state index contributed by atoms with van der Waals surface area (Å²) >= 11 is 0. The van der Waals surface area contributed by atoms with E-state index in [0.717, 1.165) is 18.7 Å². The Morgan fingerprint density at radius 3 is 2.74 bits per heavy atom. The van der Waals surface area contributed by atoms with Gasteiger partial charge in [0.2, 0.25) is 0 Å². The van der Waals surface area contributed by atoms with Crippen LogP contribution >= 0.6 is 0 Å². The van der Waals surface area contributed by atoms with Crippen molar-refractivity contribution in [3.8, 4) is 11.5 Å². The van der Waals surface area contributed by atoms with Gasteiger partial charge in [0.05, 0.1) is 23.7 Å². The van der Waals surface area contributed by atoms with Crippen LogP contribution in [0, 0.1) is 0 Å². The Hall–Kier alpha value is -1.81. The number of aromatic nitrogens is 6. The first-order valence-corrected chi connectivity index (χ1v) is 9.55. The summed E-state index contributed by atoms with van der Waals surface area (Å²) in [5, 5.41) is 15.1. The predicted molar refractivity (Wildman–Crippen MR) is 80.5 cm³/mol. The van der Waals surface area contributed by atoms with Gasteiger partial charge in [-0.25, -0.2) is 18.1 Å². The molecule has 2 aliphatic rings. The number of ether oxygens (including phenoxy) is 1. The molecule has 0 saturated carbocycles. The molecule has 0 radical (unpaired) electrons. The molecule has 4 heterocycles. The monoisotopic (exact) mass is 338 g/mol. The Morgan fingerprint density at radius 2 is 2.09 bits per heavy atom. The minimum atomic E-state index is -3.00. The highest BCUT2D eigenvalue weighted by Gasteiger charge is 2.33. The number of nitrogens with zero attached hydrogens (tertiary/aromatic N) is 5. The van der Waals surface area contributed by atoms with Crippen molar-refractivity contribution in [1.82, 2.24) is 30.2 Å². The fourth-order valence-corrected chi connectivity index (χ4v) is 4.87. The Kier molecular flexibility index (Phi) is 3.64. The minimum Gasteiger partial charge on any atom is -0.381 e. The maximum Gasteiger partial charge on any atom is 0.180 e. The third-order valence-electron chi connectivity index (χ3n) is 4.43. The van der Waals surface area contributed by atoms with E-state index in [9.17, 15) is 8.42 Å². The summed E-state index contributed by atoms with van der Waals surface area (Å²) in [5.74, 6) is 1.88. The highest BCUT2D eigenvalue weighted by molar-refractivity contribution is 7.91. The fourth-order valence-electron chi connectivity index (χ4n) is 3.18. The van der Waals surface area contributed by atoms with Crippen LogP contribution in [0.1, 0.15) is 37.0 Å². The van der Waals surface area contributed by atoms with Gasteiger partial charge in [-0.2, -0.15) is 20.5 Å². The lowest BCUT2D eigenvalue weighted by atomic mass is 10.00. The van der Waals surface area contributed by atoms with E-state index in [1.54, 1.807) is 10.9 Å². The van der Waals surface area contributed by atoms with Crippen LogP contribution in [-0.4, -0.2) is 63.3 Å². The lowest BCUT2D eigenvalue weighted by molar-refractivity contribution is 0.0835. The van der Waals surface area contributed by atoms with E-state index in [1.807, 2.05) is 0 Å². The second-order valence-corrected chi connectivity index (χ2v) is 8.27. The van der Waals surface area contributed by atoms with Gasteiger partial charge in [-0.15, -0.1) is 0 Å². The first-order chi connectivity index (χ1) is 11.1. The standard InChI is InChI=1S/C13H18N6O3S/c20-23(21)6-3-10(8-23)19-13(11-7-14-18-16-11)15-12(17-19)9-1-4-22-5-2-9/h7,9-10H,1-6,8H2,(H,14,16,18)/t10-/m1/s1. The van der Waals surface area contributed by atoms with Crippen molar-refractivity contribution in [3.05, 3.63) is 12.0 Å². The van der Waals surface area contributed by atoms with E-state index >= 15 is 0 Å². The van der Waals surface area contributed by atoms with Gasteiger partial charge in [0.1, 0.15) is 5.69 Å². The number of nitrogens with one attached hydrogen (secondary N) is 1. The van der Waals surface area contributed by atoms with Gasteiger partial charge in [-0.3, -0.25) is 0 Å². The van der Waals surface area contributed by atoms with E-state index in [1.165, 1.54) is 0 Å². The number of hydrogen-bond acceptors (Lipinski definition) is 7. The summed E-state index contributed by atoms with van der Waals surface area (Å²) in [6.45, 7) is 1.41. The fraction of sp³-hybridized carbons (Fsp3) is 0.692. The molecule has 0 aromatic carbocycles. The summed E-state index contributed by atoms with van der Waals surface area (Å²) in [7, 11) is -3.00. The van der Waals surface area contributed by atoms with Gasteiger partial charge in [0, 0.05) is 19.1 Å². The van der Waals surface area contributed by atoms with Crippen molar-refractivity contribution in [3.63, 3.8) is 0 Å². The molecular weight excluding hydrogens is 320 g/mol. The van der Waals surface area contributed by atoms with Crippen LogP contribution in [0.25, 0.3) is 11.5 Å². The quantitative estimate of drug-likeness (QED) is 0.856. The molecule has 2 aromatic rings. The Balaban J connectivity index is 1.72. The third-order valence-corrected chi connectivity index (χ3v) is 6.18. The summed E-state index contributed by atoms with van der Waals surface area (Å²) in [5.41, 5.74) is 0.583. The van der Waals surface area contributed by atoms with Crippen LogP contribution in [0.15, 0.2) is 6.20 Å². The Bertz CT molecular complexity index is 779. The average Bonchev–Trinajstić information content (AvgIpc) is 3.25. The predicted octanol–water partition coefficient (Wildman–Crippen LogP) is 0.317. The molecule has 10 heteroatoms. The molecule has 124 valence electrons. The van der Waals surface area contributed by atoms with E-state index in [4.69, 9.17) is 4.74 Å². The summed E-state index contributed by atoms with van der Waals surface area (Å²) in [6, 6.07) is -0.187. The van der Waals surface area contributed by atoms with Crippen molar-refractivity contribution in [1.29, 1.82) is 0 Å². The van der Waals surface area contributed by atoms with Crippen molar-refractivity contribution >= 4 is 9.84 Å². The zero-order valence-corrected chi connectivity index (χ0v) is 13.4. The molecule has 1 N–H and O–H groups in total. The van der Waals surface area contributed by atoms with Gasteiger partial charge in [0.25, 0.3) is 0 Å². The first-order valence-electron chi connectivity index (χ1n) is 7.73. The molecule has 2 saturated heterocycles. The number of rotatable bonds is 3. The van der Waals surface area contributed by atoms with E-state index in [0.29, 0.717) is 31.2 Å². The molecule has 2 aromatic heterocycles. The maximum absolute atomic E-state index is 11.8. The Morgan fingerprint density at radius 1 is 1.26 bits per heavy atom. The van der Waals surface area contributed by atoms with Gasteiger partial charge in [-0.1, -0.05) is 0 Å². The van der Waals surface area contributed by atoms with Crippen LogP contribution in [0.4, 0.5) is 0 Å². The van der Waals surface area contributed by atoms with Crippen LogP contribution < -0.4 is 0 Å². The zero-order chi connectivity index (χ0) is 15.9. The average molecular weight is 338 g/mol. The topological polar surface area (TPSA) is 116 Å². The van der Waals surface area contributed by atoms with Crippen molar-refractivity contribution in [2.24, 2.45) is 0 Å². The van der Waals surface area contributed by atoms with Gasteiger partial charge in [-0.05, 0) is 19.3 Å². The van der Waals surface area contributed by atoms with Gasteiger partial charge >= 0.3 is 0 Å². The summed E-state index contributed by atoms with van der Waals surface area (Å²) < 4.78 is 30.7.